The van der Waals surface area contributed by atoms with Crippen molar-refractivity contribution in [3.05, 3.63) is 29.8 Å². The molecule has 3 heteroatoms. The van der Waals surface area contributed by atoms with Gasteiger partial charge in [-0.15, -0.1) is 11.8 Å². The van der Waals surface area contributed by atoms with Gasteiger partial charge in [-0.1, -0.05) is 19.1 Å². The Labute approximate surface area is 109 Å². The minimum Gasteiger partial charge on any atom is -0.302 e. The second kappa shape index (κ2) is 7.37. The van der Waals surface area contributed by atoms with Gasteiger partial charge >= 0.3 is 0 Å². The number of hydrogen-bond donors (Lipinski definition) is 0. The zero-order valence-corrected chi connectivity index (χ0v) is 11.6. The summed E-state index contributed by atoms with van der Waals surface area (Å²) < 4.78 is 0. The summed E-state index contributed by atoms with van der Waals surface area (Å²) in [5, 5.41) is 8.69. The van der Waals surface area contributed by atoms with Gasteiger partial charge in [0.15, 0.2) is 0 Å². The quantitative estimate of drug-likeness (QED) is 0.718. The van der Waals surface area contributed by atoms with Crippen molar-refractivity contribution in [1.82, 2.24) is 4.90 Å². The summed E-state index contributed by atoms with van der Waals surface area (Å²) in [5.74, 6) is 1.10. The third-order valence-corrected chi connectivity index (χ3v) is 3.62. The Morgan fingerprint density at radius 3 is 2.41 bits per heavy atom. The van der Waals surface area contributed by atoms with Gasteiger partial charge in [0.25, 0.3) is 0 Å². The first-order valence-corrected chi connectivity index (χ1v) is 6.93. The van der Waals surface area contributed by atoms with Crippen LogP contribution in [0.1, 0.15) is 31.4 Å². The molecule has 1 rings (SSSR count). The molecule has 0 aliphatic rings. The van der Waals surface area contributed by atoms with Crippen molar-refractivity contribution in [2.75, 3.05) is 19.8 Å². The van der Waals surface area contributed by atoms with Crippen LogP contribution >= 0.6 is 11.8 Å². The molecule has 0 saturated carbocycles. The molecule has 1 aromatic rings. The van der Waals surface area contributed by atoms with Crippen LogP contribution < -0.4 is 0 Å². The fourth-order valence-corrected chi connectivity index (χ4v) is 2.54. The molecule has 1 aromatic carbocycles. The van der Waals surface area contributed by atoms with Crippen LogP contribution in [0.15, 0.2) is 29.2 Å². The Balaban J connectivity index is 2.77. The Morgan fingerprint density at radius 2 is 1.94 bits per heavy atom. The average Bonchev–Trinajstić information content (AvgIpc) is 2.31. The molecular weight excluding hydrogens is 228 g/mol. The van der Waals surface area contributed by atoms with E-state index in [1.54, 1.807) is 0 Å². The van der Waals surface area contributed by atoms with Crippen LogP contribution in [-0.2, 0) is 0 Å². The predicted octanol–water partition coefficient (Wildman–Crippen LogP) is 3.71. The molecular formula is C14H20N2S. The molecule has 0 saturated heterocycles. The van der Waals surface area contributed by atoms with Crippen molar-refractivity contribution < 1.29 is 0 Å². The summed E-state index contributed by atoms with van der Waals surface area (Å²) >= 11 is 1.86. The molecule has 0 spiro atoms. The highest BCUT2D eigenvalue weighted by Crippen LogP contribution is 2.26. The Bertz CT molecular complexity index is 365. The Morgan fingerprint density at radius 1 is 1.29 bits per heavy atom. The lowest BCUT2D eigenvalue weighted by atomic mass is 10.0. The average molecular weight is 248 g/mol. The second-order valence-electron chi connectivity index (χ2n) is 4.18. The van der Waals surface area contributed by atoms with Gasteiger partial charge in [-0.05, 0) is 44.0 Å². The molecule has 1 unspecified atom stereocenters. The molecule has 17 heavy (non-hydrogen) atoms. The third kappa shape index (κ3) is 4.41. The standard InChI is InChI=1S/C14H20N2S/c1-4-17-13-9-7-12(8-10-13)14(16(2)3)6-5-11-15/h7-10,14H,4-6H2,1-3H3. The van der Waals surface area contributed by atoms with Gasteiger partial charge in [0.2, 0.25) is 0 Å². The van der Waals surface area contributed by atoms with Crippen molar-refractivity contribution in [3.63, 3.8) is 0 Å². The van der Waals surface area contributed by atoms with Crippen LogP contribution in [0, 0.1) is 11.3 Å². The molecule has 0 heterocycles. The SMILES string of the molecule is CCSc1ccc(C(CCC#N)N(C)C)cc1. The number of thioether (sulfide) groups is 1. The van der Waals surface area contributed by atoms with E-state index in [2.05, 4.69) is 56.3 Å². The molecule has 2 nitrogen and oxygen atoms in total. The molecule has 0 aliphatic carbocycles. The highest BCUT2D eigenvalue weighted by atomic mass is 32.2. The van der Waals surface area contributed by atoms with E-state index in [1.807, 2.05) is 11.8 Å². The number of rotatable bonds is 6. The largest absolute Gasteiger partial charge is 0.302 e. The predicted molar refractivity (Wildman–Crippen MR) is 74.1 cm³/mol. The highest BCUT2D eigenvalue weighted by Gasteiger charge is 2.13. The summed E-state index contributed by atoms with van der Waals surface area (Å²) in [6, 6.07) is 11.3. The molecule has 1 atom stereocenters. The number of benzene rings is 1. The van der Waals surface area contributed by atoms with Crippen LogP contribution in [0.25, 0.3) is 0 Å². The zero-order chi connectivity index (χ0) is 12.7. The molecule has 0 amide bonds. The van der Waals surface area contributed by atoms with E-state index in [0.29, 0.717) is 12.5 Å². The molecule has 0 aromatic heterocycles. The third-order valence-electron chi connectivity index (χ3n) is 2.73. The van der Waals surface area contributed by atoms with E-state index in [-0.39, 0.29) is 0 Å². The Kier molecular flexibility index (Phi) is 6.10. The summed E-state index contributed by atoms with van der Waals surface area (Å²) in [6.45, 7) is 2.16. The number of hydrogen-bond acceptors (Lipinski definition) is 3. The molecule has 0 bridgehead atoms. The van der Waals surface area contributed by atoms with Gasteiger partial charge < -0.3 is 4.90 Å². The van der Waals surface area contributed by atoms with E-state index in [1.165, 1.54) is 10.5 Å². The summed E-state index contributed by atoms with van der Waals surface area (Å²) in [6.07, 6.45) is 1.50. The van der Waals surface area contributed by atoms with E-state index < -0.39 is 0 Å². The summed E-state index contributed by atoms with van der Waals surface area (Å²) in [4.78, 5) is 3.49. The maximum absolute atomic E-state index is 8.69. The van der Waals surface area contributed by atoms with Gasteiger partial charge in [0.05, 0.1) is 6.07 Å². The molecule has 0 N–H and O–H groups in total. The van der Waals surface area contributed by atoms with Crippen LogP contribution in [0.2, 0.25) is 0 Å². The normalized spacial score (nSPS) is 12.4. The maximum atomic E-state index is 8.69. The number of nitrogens with zero attached hydrogens (tertiary/aromatic N) is 2. The van der Waals surface area contributed by atoms with Crippen molar-refractivity contribution in [2.45, 2.75) is 30.7 Å². The van der Waals surface area contributed by atoms with E-state index in [9.17, 15) is 0 Å². The molecule has 0 fully saturated rings. The summed E-state index contributed by atoms with van der Waals surface area (Å²) in [7, 11) is 4.13. The Hall–Kier alpha value is -0.980. The van der Waals surface area contributed by atoms with Crippen molar-refractivity contribution in [1.29, 1.82) is 5.26 Å². The molecule has 92 valence electrons. The van der Waals surface area contributed by atoms with Gasteiger partial charge in [-0.25, -0.2) is 0 Å². The van der Waals surface area contributed by atoms with Gasteiger partial charge in [0.1, 0.15) is 0 Å². The highest BCUT2D eigenvalue weighted by molar-refractivity contribution is 7.99. The smallest absolute Gasteiger partial charge is 0.0622 e. The van der Waals surface area contributed by atoms with E-state index in [4.69, 9.17) is 5.26 Å². The lowest BCUT2D eigenvalue weighted by molar-refractivity contribution is 0.286. The monoisotopic (exact) mass is 248 g/mol. The van der Waals surface area contributed by atoms with Gasteiger partial charge in [-0.3, -0.25) is 0 Å². The maximum Gasteiger partial charge on any atom is 0.0622 e. The second-order valence-corrected chi connectivity index (χ2v) is 5.52. The van der Waals surface area contributed by atoms with Crippen LogP contribution in [0.3, 0.4) is 0 Å². The molecule has 0 radical (unpaired) electrons. The fourth-order valence-electron chi connectivity index (χ4n) is 1.88. The van der Waals surface area contributed by atoms with Crippen LogP contribution in [-0.4, -0.2) is 24.7 Å². The molecule has 0 aliphatic heterocycles. The van der Waals surface area contributed by atoms with Gasteiger partial charge in [0, 0.05) is 17.4 Å². The first-order chi connectivity index (χ1) is 8.19. The first kappa shape index (κ1) is 14.1. The van der Waals surface area contributed by atoms with E-state index >= 15 is 0 Å². The lowest BCUT2D eigenvalue weighted by Gasteiger charge is -2.24. The first-order valence-electron chi connectivity index (χ1n) is 5.95. The lowest BCUT2D eigenvalue weighted by Crippen LogP contribution is -2.19. The zero-order valence-electron chi connectivity index (χ0n) is 10.8. The van der Waals surface area contributed by atoms with Crippen molar-refractivity contribution in [3.8, 4) is 6.07 Å². The van der Waals surface area contributed by atoms with Crippen molar-refractivity contribution in [2.24, 2.45) is 0 Å². The fraction of sp³-hybridized carbons (Fsp3) is 0.500. The van der Waals surface area contributed by atoms with Crippen LogP contribution in [0.4, 0.5) is 0 Å². The van der Waals surface area contributed by atoms with Crippen LogP contribution in [0.5, 0.6) is 0 Å². The van der Waals surface area contributed by atoms with Gasteiger partial charge in [-0.2, -0.15) is 5.26 Å². The minimum atomic E-state index is 0.343. The van der Waals surface area contributed by atoms with E-state index in [0.717, 1.165) is 12.2 Å². The number of nitriles is 1. The van der Waals surface area contributed by atoms with Crippen molar-refractivity contribution >= 4 is 11.8 Å². The summed E-state index contributed by atoms with van der Waals surface area (Å²) in [5.41, 5.74) is 1.30. The minimum absolute atomic E-state index is 0.343. The topological polar surface area (TPSA) is 27.0 Å².